The summed E-state index contributed by atoms with van der Waals surface area (Å²) in [6.45, 7) is 6.41. The van der Waals surface area contributed by atoms with E-state index in [2.05, 4.69) is 20.0 Å². The zero-order valence-electron chi connectivity index (χ0n) is 38.7. The molecule has 1 aliphatic rings. The average Bonchev–Trinajstić information content (AvgIpc) is 3.98. The van der Waals surface area contributed by atoms with Crippen molar-refractivity contribution in [3.63, 3.8) is 0 Å². The lowest BCUT2D eigenvalue weighted by Crippen LogP contribution is -2.48. The van der Waals surface area contributed by atoms with E-state index in [1.807, 2.05) is 37.8 Å². The van der Waals surface area contributed by atoms with Crippen molar-refractivity contribution >= 4 is 32.0 Å². The number of ether oxygens (including phenoxy) is 4. The number of benzene rings is 4. The number of hydrogen-bond donors (Lipinski definition) is 3. The Morgan fingerprint density at radius 2 is 1.40 bits per heavy atom. The van der Waals surface area contributed by atoms with Crippen LogP contribution >= 0.6 is 0 Å². The Kier molecular flexibility index (Phi) is 15.0. The first-order valence-electron chi connectivity index (χ1n) is 21.6. The van der Waals surface area contributed by atoms with Gasteiger partial charge in [0.2, 0.25) is 25.9 Å². The highest BCUT2D eigenvalue weighted by Crippen LogP contribution is 2.42. The number of anilines is 1. The van der Waals surface area contributed by atoms with E-state index in [9.17, 15) is 4.79 Å². The first-order valence-corrected chi connectivity index (χ1v) is 24.6. The molecular formula is C47H56N10O9S2. The van der Waals surface area contributed by atoms with E-state index >= 15 is 16.8 Å². The molecule has 0 saturated carbocycles. The molecule has 2 atom stereocenters. The van der Waals surface area contributed by atoms with Crippen LogP contribution in [0.2, 0.25) is 0 Å². The summed E-state index contributed by atoms with van der Waals surface area (Å²) in [5.74, 6) is 1.82. The maximum absolute atomic E-state index is 16.1. The van der Waals surface area contributed by atoms with Gasteiger partial charge in [0.15, 0.2) is 0 Å². The number of amides is 1. The Morgan fingerprint density at radius 1 is 0.824 bits per heavy atom. The number of tetrazole rings is 1. The first-order chi connectivity index (χ1) is 32.4. The van der Waals surface area contributed by atoms with Crippen molar-refractivity contribution in [1.82, 2.24) is 39.1 Å². The molecular weight excluding hydrogens is 913 g/mol. The number of nitrogens with one attached hydrogen (secondary N) is 1. The summed E-state index contributed by atoms with van der Waals surface area (Å²) >= 11 is 0. The monoisotopic (exact) mass is 968 g/mol. The van der Waals surface area contributed by atoms with Crippen molar-refractivity contribution < 1.29 is 40.6 Å². The molecule has 1 amide bonds. The Bertz CT molecular complexity index is 2860. The van der Waals surface area contributed by atoms with Crippen LogP contribution in [0.5, 0.6) is 17.2 Å². The summed E-state index contributed by atoms with van der Waals surface area (Å²) in [4.78, 5) is 18.1. The van der Waals surface area contributed by atoms with Crippen molar-refractivity contribution in [2.24, 2.45) is 11.1 Å². The number of hydrogen-bond acceptors (Lipinski definition) is 15. The summed E-state index contributed by atoms with van der Waals surface area (Å²) in [5, 5.41) is 13.4. The summed E-state index contributed by atoms with van der Waals surface area (Å²) < 4.78 is 87.8. The molecule has 0 radical (unpaired) electrons. The minimum absolute atomic E-state index is 0.00408. The van der Waals surface area contributed by atoms with Gasteiger partial charge < -0.3 is 30.4 Å². The fourth-order valence-corrected chi connectivity index (χ4v) is 11.8. The van der Waals surface area contributed by atoms with E-state index in [4.69, 9.17) is 35.5 Å². The summed E-state index contributed by atoms with van der Waals surface area (Å²) in [6.07, 6.45) is 0.919. The standard InChI is InChI=1S/C47H56N10O9S2/c1-47(2,3)41(30-66-46(49)58)55-24-23-35(29-55)53-67(59,60)40-21-20-39(34-13-22-42(48)50-25-34)43(45-51-54-57(52-45)28-33-11-18-38(65-6)19-12-33)44(40)68(61,62)56(26-31-7-14-36(63-4)15-8-31)27-32-9-16-37(64-5)17-10-32/h7-22,25,35,41,53H,23-24,26-30H2,1-6H3,(H2,48,50)(H2,49,58). The lowest BCUT2D eigenvalue weighted by molar-refractivity contribution is 0.0504. The molecule has 19 nitrogen and oxygen atoms in total. The van der Waals surface area contributed by atoms with Gasteiger partial charge in [-0.05, 0) is 93.9 Å². The van der Waals surface area contributed by atoms with Gasteiger partial charge in [0.1, 0.15) is 39.5 Å². The van der Waals surface area contributed by atoms with Crippen LogP contribution in [0.3, 0.4) is 0 Å². The third-order valence-corrected chi connectivity index (χ3v) is 15.2. The fourth-order valence-electron chi connectivity index (χ4n) is 8.10. The number of primary amides is 1. The van der Waals surface area contributed by atoms with Gasteiger partial charge in [0.25, 0.3) is 0 Å². The summed E-state index contributed by atoms with van der Waals surface area (Å²) in [7, 11) is -4.98. The molecule has 3 heterocycles. The van der Waals surface area contributed by atoms with Crippen molar-refractivity contribution in [2.45, 2.75) is 68.7 Å². The van der Waals surface area contributed by atoms with Crippen molar-refractivity contribution in [3.05, 3.63) is 120 Å². The number of carbonyl (C=O) groups excluding carboxylic acids is 1. The third kappa shape index (κ3) is 11.5. The Balaban J connectivity index is 1.42. The lowest BCUT2D eigenvalue weighted by Gasteiger charge is -2.37. The van der Waals surface area contributed by atoms with E-state index < -0.39 is 42.0 Å². The number of aromatic nitrogens is 5. The number of nitrogens with zero attached hydrogens (tertiary/aromatic N) is 7. The largest absolute Gasteiger partial charge is 0.497 e. The molecule has 6 aromatic rings. The van der Waals surface area contributed by atoms with Crippen molar-refractivity contribution in [3.8, 4) is 39.8 Å². The maximum Gasteiger partial charge on any atom is 0.404 e. The molecule has 68 heavy (non-hydrogen) atoms. The molecule has 0 bridgehead atoms. The van der Waals surface area contributed by atoms with Gasteiger partial charge in [-0.2, -0.15) is 9.10 Å². The van der Waals surface area contributed by atoms with Crippen molar-refractivity contribution in [2.75, 3.05) is 46.8 Å². The molecule has 2 unspecified atom stereocenters. The van der Waals surface area contributed by atoms with Gasteiger partial charge in [-0.1, -0.05) is 63.2 Å². The number of sulfonamides is 2. The highest BCUT2D eigenvalue weighted by atomic mass is 32.2. The predicted octanol–water partition coefficient (Wildman–Crippen LogP) is 5.31. The minimum Gasteiger partial charge on any atom is -0.497 e. The van der Waals surface area contributed by atoms with Crippen LogP contribution in [0.25, 0.3) is 22.5 Å². The summed E-state index contributed by atoms with van der Waals surface area (Å²) in [5.41, 5.74) is 13.5. The molecule has 21 heteroatoms. The number of rotatable bonds is 19. The predicted molar refractivity (Wildman–Crippen MR) is 254 cm³/mol. The van der Waals surface area contributed by atoms with E-state index in [1.165, 1.54) is 41.7 Å². The molecule has 2 aromatic heterocycles. The van der Waals surface area contributed by atoms with Crippen molar-refractivity contribution in [1.29, 1.82) is 0 Å². The molecule has 7 rings (SSSR count). The van der Waals surface area contributed by atoms with Crippen LogP contribution in [-0.2, 0) is 44.4 Å². The quantitative estimate of drug-likeness (QED) is 0.0930. The van der Waals surface area contributed by atoms with Crippen LogP contribution in [0.4, 0.5) is 10.6 Å². The van der Waals surface area contributed by atoms with Gasteiger partial charge in [-0.3, -0.25) is 4.90 Å². The SMILES string of the molecule is COc1ccc(CN(Cc2ccc(OC)cc2)S(=O)(=O)c2c(S(=O)(=O)NC3CCN(C(COC(N)=O)C(C)(C)C)C3)ccc(-c3ccc(N)nc3)c2-c2nnn(Cc3ccc(OC)cc3)n2)cc1. The van der Waals surface area contributed by atoms with Crippen LogP contribution < -0.4 is 30.4 Å². The second kappa shape index (κ2) is 20.7. The number of pyridine rings is 1. The fraction of sp³-hybridized carbons (Fsp3) is 0.340. The molecule has 4 aromatic carbocycles. The third-order valence-electron chi connectivity index (χ3n) is 11.7. The van der Waals surface area contributed by atoms with E-state index in [-0.39, 0.29) is 67.0 Å². The molecule has 1 aliphatic heterocycles. The number of nitrogens with two attached hydrogens (primary N) is 2. The molecule has 1 fully saturated rings. The van der Waals surface area contributed by atoms with Gasteiger partial charge >= 0.3 is 6.09 Å². The van der Waals surface area contributed by atoms with Gasteiger partial charge in [0, 0.05) is 50.0 Å². The Hall–Kier alpha value is -6.65. The number of methoxy groups -OCH3 is 3. The summed E-state index contributed by atoms with van der Waals surface area (Å²) in [6, 6.07) is 26.1. The number of carbonyl (C=O) groups is 1. The van der Waals surface area contributed by atoms with Gasteiger partial charge in [0.05, 0.1) is 33.4 Å². The second-order valence-corrected chi connectivity index (χ2v) is 20.9. The van der Waals surface area contributed by atoms with E-state index in [0.29, 0.717) is 46.9 Å². The lowest BCUT2D eigenvalue weighted by atomic mass is 9.86. The minimum atomic E-state index is -4.91. The van der Waals surface area contributed by atoms with Gasteiger partial charge in [-0.25, -0.2) is 31.3 Å². The number of nitrogen functional groups attached to an aromatic ring is 1. The molecule has 0 aliphatic carbocycles. The highest BCUT2D eigenvalue weighted by molar-refractivity contribution is 7.92. The van der Waals surface area contributed by atoms with Gasteiger partial charge in [-0.15, -0.1) is 10.2 Å². The average molecular weight is 969 g/mol. The Labute approximate surface area is 396 Å². The van der Waals surface area contributed by atoms with Crippen LogP contribution in [0.15, 0.2) is 113 Å². The molecule has 0 spiro atoms. The van der Waals surface area contributed by atoms with E-state index in [1.54, 1.807) is 79.9 Å². The molecule has 5 N–H and O–H groups in total. The van der Waals surface area contributed by atoms with Crippen LogP contribution in [0, 0.1) is 5.41 Å². The first kappa shape index (κ1) is 49.3. The van der Waals surface area contributed by atoms with Crippen LogP contribution in [-0.4, -0.2) is 110 Å². The zero-order valence-corrected chi connectivity index (χ0v) is 40.3. The maximum atomic E-state index is 16.1. The second-order valence-electron chi connectivity index (χ2n) is 17.4. The highest BCUT2D eigenvalue weighted by Gasteiger charge is 2.41. The topological polar surface area (TPSA) is 249 Å². The van der Waals surface area contributed by atoms with E-state index in [0.717, 1.165) is 5.56 Å². The Morgan fingerprint density at radius 3 is 1.91 bits per heavy atom. The molecule has 1 saturated heterocycles. The normalized spacial score (nSPS) is 15.0. The van der Waals surface area contributed by atoms with Crippen LogP contribution in [0.1, 0.15) is 43.9 Å². The molecule has 360 valence electrons. The zero-order chi connectivity index (χ0) is 48.8. The smallest absolute Gasteiger partial charge is 0.404 e. The number of likely N-dealkylation sites (tertiary alicyclic amines) is 1.